The molecule has 0 aliphatic heterocycles. The molecule has 0 spiro atoms. The van der Waals surface area contributed by atoms with Crippen molar-refractivity contribution in [2.75, 3.05) is 0 Å². The van der Waals surface area contributed by atoms with Crippen molar-refractivity contribution in [1.82, 2.24) is 4.98 Å². The minimum absolute atomic E-state index is 0. The van der Waals surface area contributed by atoms with E-state index in [0.717, 1.165) is 0 Å². The second-order valence-electron chi connectivity index (χ2n) is 2.16. The van der Waals surface area contributed by atoms with Crippen LogP contribution in [0.15, 0.2) is 18.3 Å². The first-order chi connectivity index (χ1) is 4.72. The first kappa shape index (κ1) is 14.2. The molecule has 2 nitrogen and oxygen atoms in total. The van der Waals surface area contributed by atoms with Crippen LogP contribution in [0.25, 0.3) is 0 Å². The van der Waals surface area contributed by atoms with Gasteiger partial charge in [0.2, 0.25) is 0 Å². The second kappa shape index (κ2) is 6.17. The van der Waals surface area contributed by atoms with Gasteiger partial charge in [-0.25, -0.2) is 4.39 Å². The summed E-state index contributed by atoms with van der Waals surface area (Å²) in [6, 6.07) is 2.56. The summed E-state index contributed by atoms with van der Waals surface area (Å²) in [4.78, 5) is 3.78. The van der Waals surface area contributed by atoms with Crippen LogP contribution in [0, 0.1) is 5.82 Å². The number of nitrogens with zero attached hydrogens (tertiary/aromatic N) is 1. The highest BCUT2D eigenvalue weighted by Crippen LogP contribution is 2.09. The third-order valence-corrected chi connectivity index (χ3v) is 1.22. The Labute approximate surface area is 83.2 Å². The van der Waals surface area contributed by atoms with Crippen LogP contribution in [0.1, 0.15) is 18.7 Å². The third-order valence-electron chi connectivity index (χ3n) is 1.22. The standard InChI is InChI=1S/C7H9FN2.2ClH/c1-5(9)7-6(8)3-2-4-10-7;;/h2-5H,9H2,1H3;2*1H. The summed E-state index contributed by atoms with van der Waals surface area (Å²) in [6.07, 6.45) is 1.53. The zero-order valence-corrected chi connectivity index (χ0v) is 8.16. The second-order valence-corrected chi connectivity index (χ2v) is 2.16. The van der Waals surface area contributed by atoms with Crippen LogP contribution in [0.4, 0.5) is 4.39 Å². The molecule has 0 saturated heterocycles. The molecule has 1 aromatic heterocycles. The SMILES string of the molecule is CC(N)c1ncccc1F.Cl.Cl. The molecular weight excluding hydrogens is 202 g/mol. The van der Waals surface area contributed by atoms with E-state index in [1.807, 2.05) is 0 Å². The van der Waals surface area contributed by atoms with Crippen LogP contribution in [-0.4, -0.2) is 4.98 Å². The van der Waals surface area contributed by atoms with Gasteiger partial charge in [0.15, 0.2) is 0 Å². The first-order valence-electron chi connectivity index (χ1n) is 3.08. The molecule has 5 heteroatoms. The Morgan fingerprint density at radius 3 is 2.42 bits per heavy atom. The van der Waals surface area contributed by atoms with Crippen molar-refractivity contribution < 1.29 is 4.39 Å². The van der Waals surface area contributed by atoms with Crippen molar-refractivity contribution in [2.24, 2.45) is 5.73 Å². The normalized spacial score (nSPS) is 10.9. The highest BCUT2D eigenvalue weighted by Gasteiger charge is 2.05. The molecule has 0 fully saturated rings. The molecular formula is C7H11Cl2FN2. The quantitative estimate of drug-likeness (QED) is 0.775. The molecule has 1 unspecified atom stereocenters. The average Bonchev–Trinajstić information content (AvgIpc) is 1.88. The lowest BCUT2D eigenvalue weighted by atomic mass is 10.2. The van der Waals surface area contributed by atoms with Gasteiger partial charge < -0.3 is 5.73 Å². The Morgan fingerprint density at radius 1 is 1.50 bits per heavy atom. The van der Waals surface area contributed by atoms with Crippen LogP contribution in [0.5, 0.6) is 0 Å². The van der Waals surface area contributed by atoms with Crippen molar-refractivity contribution in [3.8, 4) is 0 Å². The Balaban J connectivity index is 0. The maximum absolute atomic E-state index is 12.7. The monoisotopic (exact) mass is 212 g/mol. The molecule has 0 amide bonds. The molecule has 2 N–H and O–H groups in total. The summed E-state index contributed by atoms with van der Waals surface area (Å²) in [5.74, 6) is -0.336. The lowest BCUT2D eigenvalue weighted by Crippen LogP contribution is -2.09. The summed E-state index contributed by atoms with van der Waals surface area (Å²) in [7, 11) is 0. The van der Waals surface area contributed by atoms with E-state index in [-0.39, 0.29) is 36.7 Å². The van der Waals surface area contributed by atoms with Crippen molar-refractivity contribution in [3.63, 3.8) is 0 Å². The summed E-state index contributed by atoms with van der Waals surface area (Å²) >= 11 is 0. The molecule has 12 heavy (non-hydrogen) atoms. The number of halogens is 3. The van der Waals surface area contributed by atoms with E-state index in [9.17, 15) is 4.39 Å². The largest absolute Gasteiger partial charge is 0.323 e. The fourth-order valence-electron chi connectivity index (χ4n) is 0.733. The number of rotatable bonds is 1. The molecule has 1 rings (SSSR count). The predicted octanol–water partition coefficient (Wildman–Crippen LogP) is 2.08. The van der Waals surface area contributed by atoms with Crippen LogP contribution in [0.3, 0.4) is 0 Å². The number of pyridine rings is 1. The minimum atomic E-state index is -0.336. The third kappa shape index (κ3) is 3.34. The number of nitrogens with two attached hydrogens (primary N) is 1. The van der Waals surface area contributed by atoms with Gasteiger partial charge in [0.05, 0.1) is 5.69 Å². The van der Waals surface area contributed by atoms with Crippen LogP contribution in [0.2, 0.25) is 0 Å². The molecule has 0 bridgehead atoms. The van der Waals surface area contributed by atoms with Gasteiger partial charge in [-0.3, -0.25) is 4.98 Å². The van der Waals surface area contributed by atoms with Crippen LogP contribution >= 0.6 is 24.8 Å². The number of aromatic nitrogens is 1. The molecule has 1 aromatic rings. The number of hydrogen-bond donors (Lipinski definition) is 1. The lowest BCUT2D eigenvalue weighted by Gasteiger charge is -2.03. The summed E-state index contributed by atoms with van der Waals surface area (Å²) < 4.78 is 12.7. The maximum atomic E-state index is 12.7. The fraction of sp³-hybridized carbons (Fsp3) is 0.286. The Morgan fingerprint density at radius 2 is 2.08 bits per heavy atom. The van der Waals surface area contributed by atoms with Gasteiger partial charge in [0.25, 0.3) is 0 Å². The van der Waals surface area contributed by atoms with E-state index in [0.29, 0.717) is 5.69 Å². The minimum Gasteiger partial charge on any atom is -0.323 e. The van der Waals surface area contributed by atoms with Gasteiger partial charge in [0, 0.05) is 12.2 Å². The van der Waals surface area contributed by atoms with E-state index in [4.69, 9.17) is 5.73 Å². The molecule has 0 radical (unpaired) electrons. The Hall–Kier alpha value is -0.380. The summed E-state index contributed by atoms with van der Waals surface area (Å²) in [5, 5.41) is 0. The first-order valence-corrected chi connectivity index (χ1v) is 3.08. The van der Waals surface area contributed by atoms with Gasteiger partial charge in [-0.1, -0.05) is 0 Å². The molecule has 0 saturated carbocycles. The molecule has 1 heterocycles. The van der Waals surface area contributed by atoms with E-state index in [1.165, 1.54) is 12.3 Å². The Bertz CT molecular complexity index is 230. The van der Waals surface area contributed by atoms with Crippen LogP contribution < -0.4 is 5.73 Å². The van der Waals surface area contributed by atoms with Crippen LogP contribution in [-0.2, 0) is 0 Å². The average molecular weight is 213 g/mol. The van der Waals surface area contributed by atoms with Crippen molar-refractivity contribution in [1.29, 1.82) is 0 Å². The lowest BCUT2D eigenvalue weighted by molar-refractivity contribution is 0.579. The van der Waals surface area contributed by atoms with Gasteiger partial charge in [-0.15, -0.1) is 24.8 Å². The van der Waals surface area contributed by atoms with Gasteiger partial charge in [0.1, 0.15) is 5.82 Å². The van der Waals surface area contributed by atoms with E-state index < -0.39 is 0 Å². The topological polar surface area (TPSA) is 38.9 Å². The van der Waals surface area contributed by atoms with Gasteiger partial charge in [-0.2, -0.15) is 0 Å². The number of hydrogen-bond acceptors (Lipinski definition) is 2. The van der Waals surface area contributed by atoms with E-state index >= 15 is 0 Å². The van der Waals surface area contributed by atoms with Gasteiger partial charge in [-0.05, 0) is 19.1 Å². The highest BCUT2D eigenvalue weighted by atomic mass is 35.5. The van der Waals surface area contributed by atoms with Crippen molar-refractivity contribution >= 4 is 24.8 Å². The van der Waals surface area contributed by atoms with Gasteiger partial charge >= 0.3 is 0 Å². The molecule has 70 valence electrons. The maximum Gasteiger partial charge on any atom is 0.146 e. The molecule has 0 aliphatic carbocycles. The molecule has 1 atom stereocenters. The smallest absolute Gasteiger partial charge is 0.146 e. The van der Waals surface area contributed by atoms with Crippen molar-refractivity contribution in [3.05, 3.63) is 29.8 Å². The zero-order valence-electron chi connectivity index (χ0n) is 6.53. The fourth-order valence-corrected chi connectivity index (χ4v) is 0.733. The van der Waals surface area contributed by atoms with E-state index in [2.05, 4.69) is 4.98 Å². The molecule has 0 aromatic carbocycles. The zero-order chi connectivity index (χ0) is 7.56. The summed E-state index contributed by atoms with van der Waals surface area (Å²) in [6.45, 7) is 1.70. The molecule has 0 aliphatic rings. The predicted molar refractivity (Wildman–Crippen MR) is 51.3 cm³/mol. The summed E-state index contributed by atoms with van der Waals surface area (Å²) in [5.41, 5.74) is 5.73. The Kier molecular flexibility index (Phi) is 7.28. The highest BCUT2D eigenvalue weighted by molar-refractivity contribution is 5.85. The van der Waals surface area contributed by atoms with Crippen molar-refractivity contribution in [2.45, 2.75) is 13.0 Å². The van der Waals surface area contributed by atoms with E-state index in [1.54, 1.807) is 13.0 Å².